The number of halogens is 2. The van der Waals surface area contributed by atoms with Crippen molar-refractivity contribution < 1.29 is 9.53 Å². The molecule has 6 heteroatoms. The van der Waals surface area contributed by atoms with Gasteiger partial charge >= 0.3 is 0 Å². The van der Waals surface area contributed by atoms with Crippen LogP contribution in [0.4, 0.5) is 0 Å². The first-order valence-corrected chi connectivity index (χ1v) is 8.93. The van der Waals surface area contributed by atoms with Crippen LogP contribution in [0.3, 0.4) is 0 Å². The van der Waals surface area contributed by atoms with Crippen LogP contribution in [-0.4, -0.2) is 25.7 Å². The van der Waals surface area contributed by atoms with Crippen LogP contribution < -0.4 is 11.1 Å². The van der Waals surface area contributed by atoms with Crippen LogP contribution in [0.5, 0.6) is 0 Å². The van der Waals surface area contributed by atoms with Crippen molar-refractivity contribution in [3.63, 3.8) is 0 Å². The van der Waals surface area contributed by atoms with Crippen molar-refractivity contribution in [1.29, 1.82) is 0 Å². The lowest BCUT2D eigenvalue weighted by atomic mass is 9.73. The van der Waals surface area contributed by atoms with Crippen molar-refractivity contribution in [2.45, 2.75) is 24.3 Å². The molecule has 1 aliphatic heterocycles. The van der Waals surface area contributed by atoms with E-state index in [1.165, 1.54) is 0 Å². The number of rotatable bonds is 5. The summed E-state index contributed by atoms with van der Waals surface area (Å²) >= 11 is 6.40. The fraction of sp³-hybridized carbons (Fsp3) is 0.350. The average Bonchev–Trinajstić information content (AvgIpc) is 2.67. The molecule has 4 nitrogen and oxygen atoms in total. The van der Waals surface area contributed by atoms with Gasteiger partial charge in [-0.05, 0) is 30.0 Å². The molecule has 0 saturated carbocycles. The number of hydrogen-bond donors (Lipinski definition) is 2. The maximum atomic E-state index is 13.1. The molecule has 1 atom stereocenters. The summed E-state index contributed by atoms with van der Waals surface area (Å²) in [7, 11) is 0. The molecule has 0 radical (unpaired) electrons. The molecule has 3 N–H and O–H groups in total. The minimum Gasteiger partial charge on any atom is -0.381 e. The SMILES string of the molecule is Cl.NC(CNC(=O)C1(c2ccccc2Cl)CCOCC1)c1ccccc1. The van der Waals surface area contributed by atoms with Gasteiger partial charge in [-0.15, -0.1) is 12.4 Å². The average molecular weight is 395 g/mol. The van der Waals surface area contributed by atoms with Crippen molar-refractivity contribution in [2.75, 3.05) is 19.8 Å². The van der Waals surface area contributed by atoms with Crippen LogP contribution in [0, 0.1) is 0 Å². The predicted octanol–water partition coefficient (Wildman–Crippen LogP) is 3.63. The number of carbonyl (C=O) groups is 1. The van der Waals surface area contributed by atoms with Gasteiger partial charge in [0.2, 0.25) is 5.91 Å². The van der Waals surface area contributed by atoms with E-state index in [9.17, 15) is 4.79 Å². The maximum absolute atomic E-state index is 13.1. The first-order valence-electron chi connectivity index (χ1n) is 8.55. The number of carbonyl (C=O) groups excluding carboxylic acids is 1. The van der Waals surface area contributed by atoms with Crippen LogP contribution in [0.1, 0.15) is 30.0 Å². The van der Waals surface area contributed by atoms with Gasteiger partial charge in [-0.2, -0.15) is 0 Å². The van der Waals surface area contributed by atoms with Gasteiger partial charge in [-0.1, -0.05) is 60.1 Å². The lowest BCUT2D eigenvalue weighted by Gasteiger charge is -2.37. The number of ether oxygens (including phenoxy) is 1. The van der Waals surface area contributed by atoms with Crippen molar-refractivity contribution in [3.05, 3.63) is 70.7 Å². The quantitative estimate of drug-likeness (QED) is 0.813. The number of amides is 1. The molecule has 1 saturated heterocycles. The van der Waals surface area contributed by atoms with E-state index in [0.29, 0.717) is 37.6 Å². The minimum atomic E-state index is -0.660. The highest BCUT2D eigenvalue weighted by Crippen LogP contribution is 2.38. The summed E-state index contributed by atoms with van der Waals surface area (Å²) in [5.74, 6) is -0.0321. The third-order valence-electron chi connectivity index (χ3n) is 4.88. The Morgan fingerprint density at radius 3 is 2.38 bits per heavy atom. The fourth-order valence-electron chi connectivity index (χ4n) is 3.38. The molecule has 3 rings (SSSR count). The van der Waals surface area contributed by atoms with E-state index in [4.69, 9.17) is 22.1 Å². The lowest BCUT2D eigenvalue weighted by molar-refractivity contribution is -0.130. The largest absolute Gasteiger partial charge is 0.381 e. The molecule has 0 aromatic heterocycles. The summed E-state index contributed by atoms with van der Waals surface area (Å²) in [6.45, 7) is 1.47. The van der Waals surface area contributed by atoms with Gasteiger partial charge in [0.1, 0.15) is 0 Å². The van der Waals surface area contributed by atoms with Crippen LogP contribution in [0.25, 0.3) is 0 Å². The van der Waals surface area contributed by atoms with E-state index in [1.807, 2.05) is 54.6 Å². The summed E-state index contributed by atoms with van der Waals surface area (Å²) in [4.78, 5) is 13.1. The van der Waals surface area contributed by atoms with Crippen molar-refractivity contribution in [2.24, 2.45) is 5.73 Å². The van der Waals surface area contributed by atoms with E-state index in [-0.39, 0.29) is 24.4 Å². The van der Waals surface area contributed by atoms with Crippen molar-refractivity contribution in [3.8, 4) is 0 Å². The van der Waals surface area contributed by atoms with Crippen LogP contribution in [-0.2, 0) is 14.9 Å². The van der Waals surface area contributed by atoms with Crippen LogP contribution >= 0.6 is 24.0 Å². The lowest BCUT2D eigenvalue weighted by Crippen LogP contribution is -2.49. The molecule has 1 aliphatic rings. The van der Waals surface area contributed by atoms with E-state index in [0.717, 1.165) is 11.1 Å². The number of nitrogens with two attached hydrogens (primary N) is 1. The Labute approximate surface area is 165 Å². The Morgan fingerprint density at radius 2 is 1.73 bits per heavy atom. The van der Waals surface area contributed by atoms with Crippen LogP contribution in [0.2, 0.25) is 5.02 Å². The summed E-state index contributed by atoms with van der Waals surface area (Å²) in [5.41, 5.74) is 7.43. The van der Waals surface area contributed by atoms with Gasteiger partial charge in [0.25, 0.3) is 0 Å². The first kappa shape index (κ1) is 20.7. The number of nitrogens with one attached hydrogen (secondary N) is 1. The zero-order chi connectivity index (χ0) is 17.7. The fourth-order valence-corrected chi connectivity index (χ4v) is 3.69. The van der Waals surface area contributed by atoms with Gasteiger partial charge in [0.15, 0.2) is 0 Å². The molecule has 0 aliphatic carbocycles. The van der Waals surface area contributed by atoms with Crippen molar-refractivity contribution in [1.82, 2.24) is 5.32 Å². The minimum absolute atomic E-state index is 0. The summed E-state index contributed by atoms with van der Waals surface area (Å²) in [5, 5.41) is 3.66. The number of benzene rings is 2. The molecule has 140 valence electrons. The Hall–Kier alpha value is -1.59. The molecule has 1 heterocycles. The second kappa shape index (κ2) is 9.38. The van der Waals surface area contributed by atoms with Gasteiger partial charge in [0, 0.05) is 30.8 Å². The predicted molar refractivity (Wildman–Crippen MR) is 107 cm³/mol. The molecular formula is C20H24Cl2N2O2. The van der Waals surface area contributed by atoms with Gasteiger partial charge in [-0.25, -0.2) is 0 Å². The van der Waals surface area contributed by atoms with E-state index < -0.39 is 5.41 Å². The summed E-state index contributed by atoms with van der Waals surface area (Å²) in [6.07, 6.45) is 1.23. The summed E-state index contributed by atoms with van der Waals surface area (Å²) < 4.78 is 5.48. The topological polar surface area (TPSA) is 64.3 Å². The first-order chi connectivity index (χ1) is 12.1. The van der Waals surface area contributed by atoms with Crippen LogP contribution in [0.15, 0.2) is 54.6 Å². The van der Waals surface area contributed by atoms with Crippen molar-refractivity contribution >= 4 is 29.9 Å². The van der Waals surface area contributed by atoms with E-state index in [2.05, 4.69) is 5.32 Å². The molecule has 26 heavy (non-hydrogen) atoms. The third kappa shape index (κ3) is 4.38. The van der Waals surface area contributed by atoms with Gasteiger partial charge < -0.3 is 15.8 Å². The summed E-state index contributed by atoms with van der Waals surface area (Å²) in [6, 6.07) is 17.1. The molecular weight excluding hydrogens is 371 g/mol. The number of hydrogen-bond acceptors (Lipinski definition) is 3. The highest BCUT2D eigenvalue weighted by molar-refractivity contribution is 6.31. The molecule has 1 amide bonds. The Balaban J connectivity index is 0.00000243. The highest BCUT2D eigenvalue weighted by atomic mass is 35.5. The molecule has 0 spiro atoms. The molecule has 2 aromatic carbocycles. The second-order valence-corrected chi connectivity index (χ2v) is 6.81. The molecule has 2 aromatic rings. The van der Waals surface area contributed by atoms with E-state index in [1.54, 1.807) is 0 Å². The smallest absolute Gasteiger partial charge is 0.230 e. The molecule has 1 fully saturated rings. The third-order valence-corrected chi connectivity index (χ3v) is 5.21. The monoisotopic (exact) mass is 394 g/mol. The highest BCUT2D eigenvalue weighted by Gasteiger charge is 2.42. The van der Waals surface area contributed by atoms with Gasteiger partial charge in [-0.3, -0.25) is 4.79 Å². The van der Waals surface area contributed by atoms with E-state index >= 15 is 0 Å². The normalized spacial score (nSPS) is 17.0. The second-order valence-electron chi connectivity index (χ2n) is 6.40. The zero-order valence-electron chi connectivity index (χ0n) is 14.5. The standard InChI is InChI=1S/C20H23ClN2O2.ClH/c21-17-9-5-4-8-16(17)20(10-12-25-13-11-20)19(24)23-14-18(22)15-6-2-1-3-7-15;/h1-9,18H,10-14,22H2,(H,23,24);1H. The Morgan fingerprint density at radius 1 is 1.12 bits per heavy atom. The Kier molecular flexibility index (Phi) is 7.47. The molecule has 0 bridgehead atoms. The maximum Gasteiger partial charge on any atom is 0.230 e. The molecule has 1 unspecified atom stereocenters. The van der Waals surface area contributed by atoms with Gasteiger partial charge in [0.05, 0.1) is 5.41 Å². The Bertz CT molecular complexity index is 719. The zero-order valence-corrected chi connectivity index (χ0v) is 16.1.